The number of aromatic nitrogens is 2. The summed E-state index contributed by atoms with van der Waals surface area (Å²) in [5.74, 6) is 2.39. The van der Waals surface area contributed by atoms with E-state index in [1.54, 1.807) is 6.07 Å². The molecule has 2 saturated heterocycles. The summed E-state index contributed by atoms with van der Waals surface area (Å²) in [6.07, 6.45) is 7.80. The van der Waals surface area contributed by atoms with E-state index in [9.17, 15) is 9.59 Å². The molecule has 6 heteroatoms. The number of amides is 1. The van der Waals surface area contributed by atoms with Gasteiger partial charge in [0.05, 0.1) is 11.7 Å². The summed E-state index contributed by atoms with van der Waals surface area (Å²) in [4.78, 5) is 32.6. The first-order valence-electron chi connectivity index (χ1n) is 8.89. The van der Waals surface area contributed by atoms with Gasteiger partial charge in [-0.25, -0.2) is 4.98 Å². The van der Waals surface area contributed by atoms with Gasteiger partial charge in [-0.2, -0.15) is 0 Å². The van der Waals surface area contributed by atoms with E-state index in [-0.39, 0.29) is 18.0 Å². The second-order valence-corrected chi connectivity index (χ2v) is 8.69. The van der Waals surface area contributed by atoms with E-state index < -0.39 is 0 Å². The lowest BCUT2D eigenvalue weighted by Crippen LogP contribution is -2.44. The fraction of sp³-hybridized carbons (Fsp3) is 0.611. The van der Waals surface area contributed by atoms with Gasteiger partial charge in [-0.05, 0) is 61.3 Å². The second-order valence-electron chi connectivity index (χ2n) is 7.79. The van der Waals surface area contributed by atoms with Crippen molar-refractivity contribution >= 4 is 27.5 Å². The van der Waals surface area contributed by atoms with Gasteiger partial charge in [-0.3, -0.25) is 14.2 Å². The molecule has 2 aromatic heterocycles. The zero-order valence-electron chi connectivity index (χ0n) is 13.6. The van der Waals surface area contributed by atoms with Gasteiger partial charge in [-0.15, -0.1) is 11.3 Å². The second kappa shape index (κ2) is 5.41. The van der Waals surface area contributed by atoms with E-state index in [2.05, 4.69) is 9.88 Å². The topological polar surface area (TPSA) is 55.2 Å². The van der Waals surface area contributed by atoms with Crippen LogP contribution in [0.5, 0.6) is 0 Å². The predicted octanol–water partition coefficient (Wildman–Crippen LogP) is 2.50. The highest BCUT2D eigenvalue weighted by atomic mass is 32.1. The van der Waals surface area contributed by atoms with E-state index >= 15 is 0 Å². The number of nitrogens with zero attached hydrogens (tertiary/aromatic N) is 3. The molecule has 0 N–H and O–H groups in total. The summed E-state index contributed by atoms with van der Waals surface area (Å²) in [6.45, 7) is 1.01. The molecule has 1 amide bonds. The van der Waals surface area contributed by atoms with E-state index in [1.165, 1.54) is 41.5 Å². The number of hydrogen-bond donors (Lipinski definition) is 0. The summed E-state index contributed by atoms with van der Waals surface area (Å²) >= 11 is 1.46. The minimum absolute atomic E-state index is 0.0895. The van der Waals surface area contributed by atoms with Crippen LogP contribution in [0.4, 0.5) is 0 Å². The van der Waals surface area contributed by atoms with Crippen LogP contribution < -0.4 is 5.56 Å². The van der Waals surface area contributed by atoms with Crippen molar-refractivity contribution in [2.75, 3.05) is 6.54 Å². The molecule has 2 atom stereocenters. The van der Waals surface area contributed by atoms with E-state index in [0.717, 1.165) is 36.1 Å². The third kappa shape index (κ3) is 2.31. The Balaban J connectivity index is 1.41. The lowest BCUT2D eigenvalue weighted by atomic mass is 9.68. The van der Waals surface area contributed by atoms with Crippen LogP contribution in [0.2, 0.25) is 0 Å². The van der Waals surface area contributed by atoms with E-state index in [1.807, 2.05) is 5.38 Å². The van der Waals surface area contributed by atoms with Crippen LogP contribution in [0, 0.1) is 17.8 Å². The van der Waals surface area contributed by atoms with Gasteiger partial charge in [0.1, 0.15) is 11.4 Å². The zero-order chi connectivity index (χ0) is 16.3. The Morgan fingerprint density at radius 1 is 1.17 bits per heavy atom. The fourth-order valence-electron chi connectivity index (χ4n) is 5.33. The van der Waals surface area contributed by atoms with Crippen molar-refractivity contribution in [3.63, 3.8) is 0 Å². The van der Waals surface area contributed by atoms with Crippen molar-refractivity contribution in [3.8, 4) is 0 Å². The normalized spacial score (nSPS) is 31.6. The summed E-state index contributed by atoms with van der Waals surface area (Å²) in [7, 11) is 0. The van der Waals surface area contributed by atoms with Crippen LogP contribution in [0.15, 0.2) is 22.6 Å². The Hall–Kier alpha value is -1.69. The minimum Gasteiger partial charge on any atom is -0.338 e. The molecule has 126 valence electrons. The van der Waals surface area contributed by atoms with Crippen molar-refractivity contribution in [3.05, 3.63) is 28.1 Å². The highest BCUT2D eigenvalue weighted by Crippen LogP contribution is 2.47. The molecule has 2 unspecified atom stereocenters. The minimum atomic E-state index is -0.102. The van der Waals surface area contributed by atoms with Crippen LogP contribution in [0.3, 0.4) is 0 Å². The number of thiophene rings is 1. The monoisotopic (exact) mass is 343 g/mol. The van der Waals surface area contributed by atoms with Crippen LogP contribution >= 0.6 is 11.3 Å². The molecule has 6 rings (SSSR count). The van der Waals surface area contributed by atoms with Crippen molar-refractivity contribution in [2.24, 2.45) is 17.8 Å². The van der Waals surface area contributed by atoms with Gasteiger partial charge in [0.2, 0.25) is 5.91 Å². The SMILES string of the molecule is O=C(Cn1cnc2sccc2c1=O)N1CC2CC3CC(C2)CC1C3. The average molecular weight is 343 g/mol. The first-order valence-corrected chi connectivity index (χ1v) is 9.77. The Labute approximate surface area is 144 Å². The molecule has 2 aromatic rings. The highest BCUT2D eigenvalue weighted by molar-refractivity contribution is 7.16. The average Bonchev–Trinajstić information content (AvgIpc) is 2.95. The fourth-order valence-corrected chi connectivity index (χ4v) is 6.06. The Kier molecular flexibility index (Phi) is 3.30. The third-order valence-corrected chi connectivity index (χ3v) is 7.00. The molecule has 0 spiro atoms. The van der Waals surface area contributed by atoms with Crippen LogP contribution in [0.1, 0.15) is 32.1 Å². The van der Waals surface area contributed by atoms with Crippen LogP contribution in [-0.2, 0) is 11.3 Å². The van der Waals surface area contributed by atoms with Crippen molar-refractivity contribution in [1.82, 2.24) is 14.5 Å². The van der Waals surface area contributed by atoms with Gasteiger partial charge < -0.3 is 4.90 Å². The molecule has 0 radical (unpaired) electrons. The molecule has 0 aromatic carbocycles. The molecule has 2 saturated carbocycles. The molecule has 4 fully saturated rings. The maximum Gasteiger partial charge on any atom is 0.262 e. The van der Waals surface area contributed by atoms with Gasteiger partial charge in [0.25, 0.3) is 5.56 Å². The van der Waals surface area contributed by atoms with Crippen molar-refractivity contribution < 1.29 is 4.79 Å². The smallest absolute Gasteiger partial charge is 0.262 e. The number of hydrogen-bond acceptors (Lipinski definition) is 4. The zero-order valence-corrected chi connectivity index (χ0v) is 14.4. The van der Waals surface area contributed by atoms with E-state index in [0.29, 0.717) is 17.3 Å². The van der Waals surface area contributed by atoms with Gasteiger partial charge >= 0.3 is 0 Å². The number of carbonyl (C=O) groups is 1. The Morgan fingerprint density at radius 3 is 2.71 bits per heavy atom. The number of carbonyl (C=O) groups excluding carboxylic acids is 1. The Bertz CT molecular complexity index is 843. The number of rotatable bonds is 2. The lowest BCUT2D eigenvalue weighted by molar-refractivity contribution is -0.134. The summed E-state index contributed by atoms with van der Waals surface area (Å²) in [6, 6.07) is 2.19. The summed E-state index contributed by atoms with van der Waals surface area (Å²) < 4.78 is 1.48. The van der Waals surface area contributed by atoms with Gasteiger partial charge in [0.15, 0.2) is 0 Å². The molecule has 2 aliphatic heterocycles. The van der Waals surface area contributed by atoms with Gasteiger partial charge in [0, 0.05) is 12.6 Å². The molecule has 24 heavy (non-hydrogen) atoms. The summed E-state index contributed by atoms with van der Waals surface area (Å²) in [5, 5.41) is 2.49. The van der Waals surface area contributed by atoms with Crippen molar-refractivity contribution in [1.29, 1.82) is 0 Å². The largest absolute Gasteiger partial charge is 0.338 e. The molecule has 4 bridgehead atoms. The molecule has 4 aliphatic rings. The quantitative estimate of drug-likeness (QED) is 0.842. The standard InChI is InChI=1S/C18H21N3O2S/c22-16(9-20-10-19-17-15(18(20)23)1-2-24-17)21-8-13-4-11-3-12(5-13)7-14(21)6-11/h1-2,10-14H,3-9H2. The van der Waals surface area contributed by atoms with Crippen molar-refractivity contribution in [2.45, 2.75) is 44.7 Å². The highest BCUT2D eigenvalue weighted by Gasteiger charge is 2.43. The number of fused-ring (bicyclic) bond motifs is 2. The summed E-state index contributed by atoms with van der Waals surface area (Å²) in [5.41, 5.74) is -0.102. The lowest BCUT2D eigenvalue weighted by Gasteiger charge is -2.39. The van der Waals surface area contributed by atoms with Crippen LogP contribution in [0.25, 0.3) is 10.2 Å². The molecule has 4 heterocycles. The maximum absolute atomic E-state index is 13.0. The van der Waals surface area contributed by atoms with Gasteiger partial charge in [-0.1, -0.05) is 0 Å². The van der Waals surface area contributed by atoms with Crippen LogP contribution in [-0.4, -0.2) is 32.9 Å². The third-order valence-electron chi connectivity index (χ3n) is 6.18. The Morgan fingerprint density at radius 2 is 1.92 bits per heavy atom. The first kappa shape index (κ1) is 14.6. The predicted molar refractivity (Wildman–Crippen MR) is 92.9 cm³/mol. The molecule has 5 nitrogen and oxygen atoms in total. The molecular weight excluding hydrogens is 322 g/mol. The first-order chi connectivity index (χ1) is 11.7. The molecule has 2 aliphatic carbocycles. The molecular formula is C18H21N3O2S. The van der Waals surface area contributed by atoms with E-state index in [4.69, 9.17) is 0 Å². The maximum atomic E-state index is 13.0.